The molecule has 0 spiro atoms. The lowest BCUT2D eigenvalue weighted by Gasteiger charge is -2.10. The summed E-state index contributed by atoms with van der Waals surface area (Å²) >= 11 is 0. The molecular weight excluding hydrogens is 402 g/mol. The number of hydrogen-bond donors (Lipinski definition) is 4. The Hall–Kier alpha value is -3.62. The molecule has 168 valence electrons. The molecule has 0 aliphatic heterocycles. The Morgan fingerprint density at radius 2 is 1.97 bits per heavy atom. The molecule has 1 amide bonds. The summed E-state index contributed by atoms with van der Waals surface area (Å²) in [5, 5.41) is 21.3. The molecule has 32 heavy (non-hydrogen) atoms. The summed E-state index contributed by atoms with van der Waals surface area (Å²) < 4.78 is 0. The van der Waals surface area contributed by atoms with Crippen LogP contribution in [-0.4, -0.2) is 41.6 Å². The van der Waals surface area contributed by atoms with Crippen LogP contribution < -0.4 is 21.3 Å². The van der Waals surface area contributed by atoms with Crippen LogP contribution in [0, 0.1) is 23.2 Å². The molecule has 0 fully saturated rings. The van der Waals surface area contributed by atoms with Crippen LogP contribution in [0.2, 0.25) is 0 Å². The van der Waals surface area contributed by atoms with E-state index >= 15 is 0 Å². The zero-order valence-corrected chi connectivity index (χ0v) is 19.0. The standard InChI is InChI=1S/C24H31N7O/c1-4-13-27-23-20(8-6-5-7-14-26-22(32)17-28-18(2)3)16-29-24(31-23)30-21-11-9-19(15-25)10-12-21/h9-12,16,18,28H,4-5,7,13-14,17H2,1-3H3,(H,26,32)(H2,27,29,30,31). The van der Waals surface area contributed by atoms with Crippen molar-refractivity contribution in [2.45, 2.75) is 46.1 Å². The van der Waals surface area contributed by atoms with Crippen molar-refractivity contribution in [1.82, 2.24) is 20.6 Å². The van der Waals surface area contributed by atoms with Crippen molar-refractivity contribution >= 4 is 23.4 Å². The van der Waals surface area contributed by atoms with E-state index in [0.717, 1.165) is 30.6 Å². The van der Waals surface area contributed by atoms with Crippen molar-refractivity contribution in [2.75, 3.05) is 30.3 Å². The van der Waals surface area contributed by atoms with Gasteiger partial charge >= 0.3 is 0 Å². The average Bonchev–Trinajstić information content (AvgIpc) is 2.80. The Bertz CT molecular complexity index is 969. The molecule has 4 N–H and O–H groups in total. The highest BCUT2D eigenvalue weighted by Crippen LogP contribution is 2.17. The maximum Gasteiger partial charge on any atom is 0.233 e. The van der Waals surface area contributed by atoms with Crippen LogP contribution in [0.1, 0.15) is 51.2 Å². The Kier molecular flexibility index (Phi) is 10.5. The lowest BCUT2D eigenvalue weighted by atomic mass is 10.2. The number of anilines is 3. The van der Waals surface area contributed by atoms with Gasteiger partial charge in [0, 0.05) is 31.2 Å². The van der Waals surface area contributed by atoms with E-state index in [1.165, 1.54) is 0 Å². The van der Waals surface area contributed by atoms with Gasteiger partial charge in [-0.05, 0) is 37.1 Å². The number of rotatable bonds is 11. The zero-order chi connectivity index (χ0) is 23.2. The molecule has 1 aromatic carbocycles. The topological polar surface area (TPSA) is 115 Å². The molecule has 0 aliphatic rings. The third kappa shape index (κ3) is 9.03. The molecule has 1 aromatic heterocycles. The first-order chi connectivity index (χ1) is 15.5. The molecule has 0 unspecified atom stereocenters. The Morgan fingerprint density at radius 3 is 2.66 bits per heavy atom. The molecule has 0 atom stereocenters. The predicted molar refractivity (Wildman–Crippen MR) is 128 cm³/mol. The fourth-order valence-corrected chi connectivity index (χ4v) is 2.59. The number of aromatic nitrogens is 2. The van der Waals surface area contributed by atoms with Crippen molar-refractivity contribution in [3.8, 4) is 17.9 Å². The minimum Gasteiger partial charge on any atom is -0.369 e. The summed E-state index contributed by atoms with van der Waals surface area (Å²) in [5.74, 6) is 7.40. The van der Waals surface area contributed by atoms with Crippen molar-refractivity contribution in [3.63, 3.8) is 0 Å². The second kappa shape index (κ2) is 13.6. The van der Waals surface area contributed by atoms with Crippen LogP contribution in [0.3, 0.4) is 0 Å². The molecule has 0 bridgehead atoms. The second-order valence-electron chi connectivity index (χ2n) is 7.49. The van der Waals surface area contributed by atoms with Gasteiger partial charge in [0.25, 0.3) is 0 Å². The first-order valence-corrected chi connectivity index (χ1v) is 10.9. The highest BCUT2D eigenvalue weighted by atomic mass is 16.1. The Balaban J connectivity index is 1.93. The highest BCUT2D eigenvalue weighted by Gasteiger charge is 2.06. The maximum absolute atomic E-state index is 11.7. The number of carbonyl (C=O) groups excluding carboxylic acids is 1. The molecule has 8 heteroatoms. The molecule has 2 aromatic rings. The number of nitrogens with one attached hydrogen (secondary N) is 4. The molecule has 0 saturated heterocycles. The summed E-state index contributed by atoms with van der Waals surface area (Å²) in [5.41, 5.74) is 2.13. The van der Waals surface area contributed by atoms with Crippen molar-refractivity contribution in [1.29, 1.82) is 5.26 Å². The van der Waals surface area contributed by atoms with E-state index in [2.05, 4.69) is 56.1 Å². The lowest BCUT2D eigenvalue weighted by molar-refractivity contribution is -0.120. The number of nitrogens with zero attached hydrogens (tertiary/aromatic N) is 3. The van der Waals surface area contributed by atoms with Crippen LogP contribution in [0.5, 0.6) is 0 Å². The van der Waals surface area contributed by atoms with E-state index in [4.69, 9.17) is 5.26 Å². The predicted octanol–water partition coefficient (Wildman–Crippen LogP) is 3.16. The third-order valence-electron chi connectivity index (χ3n) is 4.30. The van der Waals surface area contributed by atoms with Crippen molar-refractivity contribution in [2.24, 2.45) is 0 Å². The van der Waals surface area contributed by atoms with E-state index in [9.17, 15) is 4.79 Å². The quantitative estimate of drug-likeness (QED) is 0.318. The normalized spacial score (nSPS) is 10.1. The molecule has 0 aliphatic carbocycles. The number of hydrogen-bond acceptors (Lipinski definition) is 7. The lowest BCUT2D eigenvalue weighted by Crippen LogP contribution is -2.37. The van der Waals surface area contributed by atoms with Gasteiger partial charge in [0.15, 0.2) is 0 Å². The second-order valence-corrected chi connectivity index (χ2v) is 7.49. The van der Waals surface area contributed by atoms with Gasteiger partial charge in [-0.2, -0.15) is 10.2 Å². The van der Waals surface area contributed by atoms with Crippen LogP contribution in [-0.2, 0) is 4.79 Å². The fourth-order valence-electron chi connectivity index (χ4n) is 2.59. The van der Waals surface area contributed by atoms with Crippen molar-refractivity contribution < 1.29 is 4.79 Å². The van der Waals surface area contributed by atoms with E-state index in [0.29, 0.717) is 36.8 Å². The maximum atomic E-state index is 11.7. The summed E-state index contributed by atoms with van der Waals surface area (Å²) in [7, 11) is 0. The number of nitriles is 1. The van der Waals surface area contributed by atoms with Gasteiger partial charge < -0.3 is 21.3 Å². The van der Waals surface area contributed by atoms with Crippen LogP contribution in [0.4, 0.5) is 17.5 Å². The Labute approximate surface area is 190 Å². The average molecular weight is 434 g/mol. The minimum atomic E-state index is -0.00327. The first kappa shape index (κ1) is 24.6. The van der Waals surface area contributed by atoms with E-state index in [1.807, 2.05) is 26.0 Å². The summed E-state index contributed by atoms with van der Waals surface area (Å²) in [6.45, 7) is 7.80. The zero-order valence-electron chi connectivity index (χ0n) is 19.0. The van der Waals surface area contributed by atoms with Gasteiger partial charge in [-0.25, -0.2) is 4.98 Å². The van der Waals surface area contributed by atoms with Crippen LogP contribution in [0.15, 0.2) is 30.5 Å². The van der Waals surface area contributed by atoms with Gasteiger partial charge in [-0.15, -0.1) is 0 Å². The van der Waals surface area contributed by atoms with E-state index in [-0.39, 0.29) is 11.9 Å². The number of unbranched alkanes of at least 4 members (excludes halogenated alkanes) is 1. The summed E-state index contributed by atoms with van der Waals surface area (Å²) in [6, 6.07) is 9.48. The van der Waals surface area contributed by atoms with E-state index < -0.39 is 0 Å². The molecule has 0 saturated carbocycles. The smallest absolute Gasteiger partial charge is 0.233 e. The summed E-state index contributed by atoms with van der Waals surface area (Å²) in [6.07, 6.45) is 4.09. The Morgan fingerprint density at radius 1 is 1.19 bits per heavy atom. The molecule has 2 rings (SSSR count). The van der Waals surface area contributed by atoms with E-state index in [1.54, 1.807) is 18.3 Å². The van der Waals surface area contributed by atoms with Gasteiger partial charge in [-0.1, -0.05) is 32.6 Å². The molecule has 8 nitrogen and oxygen atoms in total. The number of carbonyl (C=O) groups is 1. The molecule has 1 heterocycles. The number of amides is 1. The minimum absolute atomic E-state index is 0.00327. The monoisotopic (exact) mass is 433 g/mol. The third-order valence-corrected chi connectivity index (χ3v) is 4.30. The molecular formula is C24H31N7O. The van der Waals surface area contributed by atoms with Crippen LogP contribution in [0.25, 0.3) is 0 Å². The fraction of sp³-hybridized carbons (Fsp3) is 0.417. The molecule has 0 radical (unpaired) electrons. The van der Waals surface area contributed by atoms with Crippen molar-refractivity contribution in [3.05, 3.63) is 41.6 Å². The SMILES string of the molecule is CCCNc1nc(Nc2ccc(C#N)cc2)ncc1C#CCCCNC(=O)CNC(C)C. The summed E-state index contributed by atoms with van der Waals surface area (Å²) in [4.78, 5) is 20.6. The highest BCUT2D eigenvalue weighted by molar-refractivity contribution is 5.77. The largest absolute Gasteiger partial charge is 0.369 e. The van der Waals surface area contributed by atoms with Crippen LogP contribution >= 0.6 is 0 Å². The van der Waals surface area contributed by atoms with Gasteiger partial charge in [0.05, 0.1) is 29.9 Å². The van der Waals surface area contributed by atoms with Gasteiger partial charge in [-0.3, -0.25) is 4.79 Å². The van der Waals surface area contributed by atoms with Gasteiger partial charge in [0.1, 0.15) is 5.82 Å². The number of benzene rings is 1. The first-order valence-electron chi connectivity index (χ1n) is 10.9. The van der Waals surface area contributed by atoms with Gasteiger partial charge in [0.2, 0.25) is 11.9 Å².